The molecular weight excluding hydrogens is 335 g/mol. The first kappa shape index (κ1) is 18.4. The van der Waals surface area contributed by atoms with Crippen molar-refractivity contribution in [3.63, 3.8) is 0 Å². The van der Waals surface area contributed by atoms with Gasteiger partial charge >= 0.3 is 6.36 Å². The largest absolute Gasteiger partial charge is 0.573 e. The highest BCUT2D eigenvalue weighted by Gasteiger charge is 2.31. The van der Waals surface area contributed by atoms with Crippen molar-refractivity contribution in [1.82, 2.24) is 5.32 Å². The van der Waals surface area contributed by atoms with Gasteiger partial charge in [-0.3, -0.25) is 4.79 Å². The molecule has 0 heterocycles. The van der Waals surface area contributed by atoms with E-state index in [0.717, 1.165) is 6.08 Å². The summed E-state index contributed by atoms with van der Waals surface area (Å²) in [6, 6.07) is 14.7. The standard InChI is InChI=1S/C18H16F3NO3/c19-18(20,21)25-16-9-5-4-6-14(16)10-11-17(23)22-12-13-24-15-7-2-1-3-8-15/h1-11H,12-13H2,(H,22,23)/b11-10+. The van der Waals surface area contributed by atoms with Crippen LogP contribution in [0.1, 0.15) is 5.56 Å². The number of hydrogen-bond acceptors (Lipinski definition) is 3. The van der Waals surface area contributed by atoms with E-state index in [0.29, 0.717) is 5.75 Å². The molecule has 7 heteroatoms. The maximum Gasteiger partial charge on any atom is 0.573 e. The van der Waals surface area contributed by atoms with Gasteiger partial charge < -0.3 is 14.8 Å². The molecule has 0 unspecified atom stereocenters. The number of carbonyl (C=O) groups excluding carboxylic acids is 1. The molecule has 0 radical (unpaired) electrons. The van der Waals surface area contributed by atoms with Crippen LogP contribution in [0.4, 0.5) is 13.2 Å². The van der Waals surface area contributed by atoms with Gasteiger partial charge in [0, 0.05) is 11.6 Å². The van der Waals surface area contributed by atoms with Crippen molar-refractivity contribution in [3.05, 3.63) is 66.2 Å². The Balaban J connectivity index is 1.82. The van der Waals surface area contributed by atoms with Crippen molar-refractivity contribution < 1.29 is 27.4 Å². The third kappa shape index (κ3) is 6.99. The molecule has 25 heavy (non-hydrogen) atoms. The van der Waals surface area contributed by atoms with Gasteiger partial charge in [-0.15, -0.1) is 13.2 Å². The molecule has 0 saturated carbocycles. The van der Waals surface area contributed by atoms with E-state index >= 15 is 0 Å². The molecule has 0 aliphatic carbocycles. The van der Waals surface area contributed by atoms with E-state index in [9.17, 15) is 18.0 Å². The van der Waals surface area contributed by atoms with Crippen LogP contribution in [0, 0.1) is 0 Å². The number of rotatable bonds is 7. The van der Waals surface area contributed by atoms with Gasteiger partial charge in [0.15, 0.2) is 0 Å². The Kier molecular flexibility index (Phi) is 6.45. The fourth-order valence-electron chi connectivity index (χ4n) is 1.92. The lowest BCUT2D eigenvalue weighted by molar-refractivity contribution is -0.274. The van der Waals surface area contributed by atoms with Gasteiger partial charge in [-0.25, -0.2) is 0 Å². The van der Waals surface area contributed by atoms with Crippen LogP contribution in [0.5, 0.6) is 11.5 Å². The summed E-state index contributed by atoms with van der Waals surface area (Å²) in [6.07, 6.45) is -2.39. The minimum Gasteiger partial charge on any atom is -0.492 e. The van der Waals surface area contributed by atoms with Crippen LogP contribution in [0.25, 0.3) is 6.08 Å². The van der Waals surface area contributed by atoms with E-state index in [2.05, 4.69) is 10.1 Å². The van der Waals surface area contributed by atoms with Crippen LogP contribution in [0.15, 0.2) is 60.7 Å². The van der Waals surface area contributed by atoms with E-state index in [-0.39, 0.29) is 24.5 Å². The minimum absolute atomic E-state index is 0.149. The highest BCUT2D eigenvalue weighted by molar-refractivity contribution is 5.92. The second-order valence-electron chi connectivity index (χ2n) is 4.87. The normalized spacial score (nSPS) is 11.3. The molecule has 0 aliphatic heterocycles. The van der Waals surface area contributed by atoms with Crippen LogP contribution in [-0.2, 0) is 4.79 Å². The number of alkyl halides is 3. The average Bonchev–Trinajstić information content (AvgIpc) is 2.57. The Hall–Kier alpha value is -2.96. The summed E-state index contributed by atoms with van der Waals surface area (Å²) in [5.74, 6) is -0.129. The molecule has 0 spiro atoms. The zero-order chi connectivity index (χ0) is 18.1. The summed E-state index contributed by atoms with van der Waals surface area (Å²) < 4.78 is 46.3. The summed E-state index contributed by atoms with van der Waals surface area (Å²) in [4.78, 5) is 11.7. The van der Waals surface area contributed by atoms with Crippen LogP contribution < -0.4 is 14.8 Å². The molecular formula is C18H16F3NO3. The molecule has 0 saturated heterocycles. The topological polar surface area (TPSA) is 47.6 Å². The predicted octanol–water partition coefficient (Wildman–Crippen LogP) is 3.79. The van der Waals surface area contributed by atoms with Crippen molar-refractivity contribution in [2.45, 2.75) is 6.36 Å². The van der Waals surface area contributed by atoms with Gasteiger partial charge in [-0.05, 0) is 24.3 Å². The summed E-state index contributed by atoms with van der Waals surface area (Å²) in [7, 11) is 0. The molecule has 1 amide bonds. The quantitative estimate of drug-likeness (QED) is 0.610. The van der Waals surface area contributed by atoms with Gasteiger partial charge in [0.2, 0.25) is 5.91 Å². The van der Waals surface area contributed by atoms with Gasteiger partial charge in [0.1, 0.15) is 18.1 Å². The zero-order valence-corrected chi connectivity index (χ0v) is 13.1. The molecule has 1 N–H and O–H groups in total. The van der Waals surface area contributed by atoms with Crippen molar-refractivity contribution in [3.8, 4) is 11.5 Å². The van der Waals surface area contributed by atoms with Crippen LogP contribution >= 0.6 is 0 Å². The van der Waals surface area contributed by atoms with Gasteiger partial charge in [0.05, 0.1) is 6.54 Å². The number of halogens is 3. The second kappa shape index (κ2) is 8.77. The summed E-state index contributed by atoms with van der Waals surface area (Å²) in [5, 5.41) is 2.58. The fourth-order valence-corrected chi connectivity index (χ4v) is 1.92. The number of amides is 1. The molecule has 2 aromatic rings. The Labute approximate surface area is 142 Å². The Morgan fingerprint density at radius 1 is 1.04 bits per heavy atom. The van der Waals surface area contributed by atoms with Gasteiger partial charge in [0.25, 0.3) is 0 Å². The van der Waals surface area contributed by atoms with E-state index in [1.54, 1.807) is 18.2 Å². The second-order valence-corrected chi connectivity index (χ2v) is 4.87. The van der Waals surface area contributed by atoms with Gasteiger partial charge in [-0.1, -0.05) is 36.4 Å². The molecule has 2 rings (SSSR count). The van der Waals surface area contributed by atoms with Crippen molar-refractivity contribution in [1.29, 1.82) is 0 Å². The van der Waals surface area contributed by atoms with Crippen molar-refractivity contribution >= 4 is 12.0 Å². The van der Waals surface area contributed by atoms with E-state index in [4.69, 9.17) is 4.74 Å². The zero-order valence-electron chi connectivity index (χ0n) is 13.1. The summed E-state index contributed by atoms with van der Waals surface area (Å²) in [6.45, 7) is 0.538. The minimum atomic E-state index is -4.79. The monoisotopic (exact) mass is 351 g/mol. The van der Waals surface area contributed by atoms with Crippen LogP contribution in [0.3, 0.4) is 0 Å². The lowest BCUT2D eigenvalue weighted by Crippen LogP contribution is -2.26. The highest BCUT2D eigenvalue weighted by Crippen LogP contribution is 2.26. The third-order valence-electron chi connectivity index (χ3n) is 2.97. The predicted molar refractivity (Wildman–Crippen MR) is 87.1 cm³/mol. The first-order valence-corrected chi connectivity index (χ1v) is 7.42. The number of hydrogen-bond donors (Lipinski definition) is 1. The van der Waals surface area contributed by atoms with E-state index < -0.39 is 12.3 Å². The maximum atomic E-state index is 12.3. The Morgan fingerprint density at radius 3 is 2.44 bits per heavy atom. The number of benzene rings is 2. The third-order valence-corrected chi connectivity index (χ3v) is 2.97. The lowest BCUT2D eigenvalue weighted by atomic mass is 10.2. The molecule has 2 aromatic carbocycles. The van der Waals surface area contributed by atoms with Gasteiger partial charge in [-0.2, -0.15) is 0 Å². The molecule has 0 aliphatic rings. The molecule has 0 bridgehead atoms. The number of ether oxygens (including phenoxy) is 2. The van der Waals surface area contributed by atoms with E-state index in [1.807, 2.05) is 18.2 Å². The highest BCUT2D eigenvalue weighted by atomic mass is 19.4. The Morgan fingerprint density at radius 2 is 1.72 bits per heavy atom. The number of para-hydroxylation sites is 2. The molecule has 0 aromatic heterocycles. The number of carbonyl (C=O) groups is 1. The number of nitrogens with one attached hydrogen (secondary N) is 1. The van der Waals surface area contributed by atoms with Crippen LogP contribution in [-0.4, -0.2) is 25.4 Å². The average molecular weight is 351 g/mol. The SMILES string of the molecule is O=C(/C=C/c1ccccc1OC(F)(F)F)NCCOc1ccccc1. The first-order chi connectivity index (χ1) is 11.9. The molecule has 4 nitrogen and oxygen atoms in total. The smallest absolute Gasteiger partial charge is 0.492 e. The summed E-state index contributed by atoms with van der Waals surface area (Å²) >= 11 is 0. The van der Waals surface area contributed by atoms with Crippen LogP contribution in [0.2, 0.25) is 0 Å². The fraction of sp³-hybridized carbons (Fsp3) is 0.167. The van der Waals surface area contributed by atoms with Crippen molar-refractivity contribution in [2.75, 3.05) is 13.2 Å². The maximum absolute atomic E-state index is 12.3. The first-order valence-electron chi connectivity index (χ1n) is 7.42. The molecule has 132 valence electrons. The Bertz CT molecular complexity index is 715. The lowest BCUT2D eigenvalue weighted by Gasteiger charge is -2.11. The molecule has 0 atom stereocenters. The van der Waals surface area contributed by atoms with Crippen molar-refractivity contribution in [2.24, 2.45) is 0 Å². The summed E-state index contributed by atoms with van der Waals surface area (Å²) in [5.41, 5.74) is 0.149. The van der Waals surface area contributed by atoms with E-state index in [1.165, 1.54) is 24.3 Å². The molecule has 0 fully saturated rings.